The van der Waals surface area contributed by atoms with E-state index in [9.17, 15) is 0 Å². The van der Waals surface area contributed by atoms with E-state index >= 15 is 0 Å². The summed E-state index contributed by atoms with van der Waals surface area (Å²) in [7, 11) is 0. The van der Waals surface area contributed by atoms with E-state index < -0.39 is 0 Å². The SMILES string of the molecule is CC(C)(CBr)c1ccccc1C#N. The van der Waals surface area contributed by atoms with Gasteiger partial charge >= 0.3 is 0 Å². The standard InChI is InChI=1S/C11H12BrN/c1-11(2,8-12)10-6-4-3-5-9(10)7-13/h3-6H,8H2,1-2H3. The van der Waals surface area contributed by atoms with Crippen molar-refractivity contribution in [2.24, 2.45) is 0 Å². The number of alkyl halides is 1. The Balaban J connectivity index is 3.22. The molecule has 0 saturated carbocycles. The molecule has 0 aliphatic heterocycles. The Labute approximate surface area is 87.5 Å². The number of nitrogens with zero attached hydrogens (tertiary/aromatic N) is 1. The lowest BCUT2D eigenvalue weighted by Crippen LogP contribution is -2.20. The minimum Gasteiger partial charge on any atom is -0.192 e. The molecule has 1 aromatic rings. The normalized spacial score (nSPS) is 10.9. The van der Waals surface area contributed by atoms with Crippen LogP contribution in [-0.2, 0) is 5.41 Å². The number of hydrogen-bond acceptors (Lipinski definition) is 1. The molecule has 0 amide bonds. The Hall–Kier alpha value is -0.810. The quantitative estimate of drug-likeness (QED) is 0.725. The van der Waals surface area contributed by atoms with Crippen LogP contribution in [0, 0.1) is 11.3 Å². The van der Waals surface area contributed by atoms with Crippen LogP contribution < -0.4 is 0 Å². The van der Waals surface area contributed by atoms with E-state index in [-0.39, 0.29) is 5.41 Å². The molecule has 0 radical (unpaired) electrons. The third kappa shape index (κ3) is 2.10. The van der Waals surface area contributed by atoms with E-state index in [1.165, 1.54) is 0 Å². The van der Waals surface area contributed by atoms with Crippen molar-refractivity contribution in [3.05, 3.63) is 35.4 Å². The van der Waals surface area contributed by atoms with Gasteiger partial charge in [-0.3, -0.25) is 0 Å². The number of nitriles is 1. The highest BCUT2D eigenvalue weighted by atomic mass is 79.9. The van der Waals surface area contributed by atoms with Crippen molar-refractivity contribution in [3.8, 4) is 6.07 Å². The topological polar surface area (TPSA) is 23.8 Å². The molecule has 0 fully saturated rings. The molecule has 0 unspecified atom stereocenters. The Morgan fingerprint density at radius 2 is 2.00 bits per heavy atom. The van der Waals surface area contributed by atoms with Crippen molar-refractivity contribution >= 4 is 15.9 Å². The van der Waals surface area contributed by atoms with Crippen LogP contribution in [0.25, 0.3) is 0 Å². The zero-order chi connectivity index (χ0) is 9.90. The fraction of sp³-hybridized carbons (Fsp3) is 0.364. The summed E-state index contributed by atoms with van der Waals surface area (Å²) in [5.74, 6) is 0. The van der Waals surface area contributed by atoms with Gasteiger partial charge in [-0.2, -0.15) is 5.26 Å². The van der Waals surface area contributed by atoms with E-state index in [1.54, 1.807) is 0 Å². The van der Waals surface area contributed by atoms with E-state index in [1.807, 2.05) is 24.3 Å². The Morgan fingerprint density at radius 3 is 2.54 bits per heavy atom. The van der Waals surface area contributed by atoms with Crippen molar-refractivity contribution in [2.75, 3.05) is 5.33 Å². The van der Waals surface area contributed by atoms with Crippen molar-refractivity contribution in [2.45, 2.75) is 19.3 Å². The Bertz CT molecular complexity index is 336. The summed E-state index contributed by atoms with van der Waals surface area (Å²) in [5, 5.41) is 9.77. The number of rotatable bonds is 2. The lowest BCUT2D eigenvalue weighted by atomic mass is 9.84. The largest absolute Gasteiger partial charge is 0.192 e. The smallest absolute Gasteiger partial charge is 0.0994 e. The van der Waals surface area contributed by atoms with Crippen LogP contribution in [0.15, 0.2) is 24.3 Å². The summed E-state index contributed by atoms with van der Waals surface area (Å²) in [6.45, 7) is 4.25. The Kier molecular flexibility index (Phi) is 3.11. The summed E-state index contributed by atoms with van der Waals surface area (Å²) >= 11 is 3.46. The molecular formula is C11H12BrN. The van der Waals surface area contributed by atoms with Gasteiger partial charge in [0.25, 0.3) is 0 Å². The zero-order valence-electron chi connectivity index (χ0n) is 7.84. The number of benzene rings is 1. The van der Waals surface area contributed by atoms with Gasteiger partial charge in [0.15, 0.2) is 0 Å². The average molecular weight is 238 g/mol. The van der Waals surface area contributed by atoms with Crippen LogP contribution in [0.4, 0.5) is 0 Å². The zero-order valence-corrected chi connectivity index (χ0v) is 9.43. The van der Waals surface area contributed by atoms with Crippen molar-refractivity contribution in [1.29, 1.82) is 5.26 Å². The van der Waals surface area contributed by atoms with Gasteiger partial charge in [0.05, 0.1) is 11.6 Å². The molecule has 13 heavy (non-hydrogen) atoms. The summed E-state index contributed by atoms with van der Waals surface area (Å²) < 4.78 is 0. The van der Waals surface area contributed by atoms with Gasteiger partial charge in [-0.05, 0) is 11.6 Å². The number of halogens is 1. The lowest BCUT2D eigenvalue weighted by molar-refractivity contribution is 0.605. The minimum absolute atomic E-state index is 0.0202. The van der Waals surface area contributed by atoms with Crippen LogP contribution in [0.5, 0.6) is 0 Å². The first kappa shape index (κ1) is 10.3. The summed E-state index contributed by atoms with van der Waals surface area (Å²) in [6.07, 6.45) is 0. The molecule has 0 heterocycles. The summed E-state index contributed by atoms with van der Waals surface area (Å²) in [6, 6.07) is 9.96. The second-order valence-electron chi connectivity index (χ2n) is 3.67. The molecule has 0 spiro atoms. The fourth-order valence-electron chi connectivity index (χ4n) is 1.24. The molecule has 1 aromatic carbocycles. The van der Waals surface area contributed by atoms with Gasteiger partial charge in [0, 0.05) is 10.7 Å². The third-order valence-corrected chi connectivity index (χ3v) is 3.51. The van der Waals surface area contributed by atoms with Crippen LogP contribution >= 0.6 is 15.9 Å². The maximum Gasteiger partial charge on any atom is 0.0994 e. The van der Waals surface area contributed by atoms with E-state index in [0.717, 1.165) is 16.5 Å². The minimum atomic E-state index is 0.0202. The van der Waals surface area contributed by atoms with Gasteiger partial charge in [-0.1, -0.05) is 48.0 Å². The predicted molar refractivity (Wildman–Crippen MR) is 58.0 cm³/mol. The molecule has 1 rings (SSSR count). The van der Waals surface area contributed by atoms with Gasteiger partial charge in [-0.25, -0.2) is 0 Å². The number of hydrogen-bond donors (Lipinski definition) is 0. The maximum absolute atomic E-state index is 8.91. The van der Waals surface area contributed by atoms with Gasteiger partial charge in [0.2, 0.25) is 0 Å². The molecule has 0 N–H and O–H groups in total. The van der Waals surface area contributed by atoms with Crippen LogP contribution in [0.2, 0.25) is 0 Å². The molecule has 0 bridgehead atoms. The van der Waals surface area contributed by atoms with Gasteiger partial charge in [-0.15, -0.1) is 0 Å². The summed E-state index contributed by atoms with van der Waals surface area (Å²) in [5.41, 5.74) is 1.90. The predicted octanol–water partition coefficient (Wildman–Crippen LogP) is 3.23. The second-order valence-corrected chi connectivity index (χ2v) is 4.24. The molecule has 1 nitrogen and oxygen atoms in total. The Morgan fingerprint density at radius 1 is 1.38 bits per heavy atom. The first-order valence-electron chi connectivity index (χ1n) is 4.17. The van der Waals surface area contributed by atoms with Crippen LogP contribution in [0.3, 0.4) is 0 Å². The molecule has 68 valence electrons. The molecule has 0 atom stereocenters. The van der Waals surface area contributed by atoms with Crippen LogP contribution in [0.1, 0.15) is 25.0 Å². The molecule has 0 aromatic heterocycles. The maximum atomic E-state index is 8.91. The van der Waals surface area contributed by atoms with E-state index in [0.29, 0.717) is 0 Å². The van der Waals surface area contributed by atoms with E-state index in [2.05, 4.69) is 35.8 Å². The van der Waals surface area contributed by atoms with Gasteiger partial charge in [0.1, 0.15) is 0 Å². The van der Waals surface area contributed by atoms with Crippen molar-refractivity contribution in [3.63, 3.8) is 0 Å². The van der Waals surface area contributed by atoms with Crippen molar-refractivity contribution < 1.29 is 0 Å². The first-order chi connectivity index (χ1) is 6.11. The first-order valence-corrected chi connectivity index (χ1v) is 5.29. The molecule has 2 heteroatoms. The highest BCUT2D eigenvalue weighted by Gasteiger charge is 2.21. The fourth-order valence-corrected chi connectivity index (χ4v) is 1.54. The van der Waals surface area contributed by atoms with E-state index in [4.69, 9.17) is 5.26 Å². The highest BCUT2D eigenvalue weighted by Crippen LogP contribution is 2.27. The average Bonchev–Trinajstić information content (AvgIpc) is 2.18. The molecule has 0 aliphatic rings. The monoisotopic (exact) mass is 237 g/mol. The van der Waals surface area contributed by atoms with Gasteiger partial charge < -0.3 is 0 Å². The van der Waals surface area contributed by atoms with Crippen molar-refractivity contribution in [1.82, 2.24) is 0 Å². The molecular weight excluding hydrogens is 226 g/mol. The highest BCUT2D eigenvalue weighted by molar-refractivity contribution is 9.09. The lowest BCUT2D eigenvalue weighted by Gasteiger charge is -2.23. The molecule has 0 saturated heterocycles. The van der Waals surface area contributed by atoms with Crippen LogP contribution in [-0.4, -0.2) is 5.33 Å². The third-order valence-electron chi connectivity index (χ3n) is 2.11. The molecule has 0 aliphatic carbocycles. The second kappa shape index (κ2) is 3.93. The summed E-state index contributed by atoms with van der Waals surface area (Å²) in [4.78, 5) is 0.